The predicted octanol–water partition coefficient (Wildman–Crippen LogP) is -0.571. The minimum Gasteiger partial charge on any atom is -0.321 e. The van der Waals surface area contributed by atoms with Crippen LogP contribution in [0.2, 0.25) is 0 Å². The maximum atomic E-state index is 12.1. The van der Waals surface area contributed by atoms with Gasteiger partial charge in [-0.05, 0) is 30.3 Å². The summed E-state index contributed by atoms with van der Waals surface area (Å²) in [5, 5.41) is 0. The zero-order valence-electron chi connectivity index (χ0n) is 14.3. The molecule has 0 radical (unpaired) electrons. The molecule has 3 rings (SSSR count). The third-order valence-electron chi connectivity index (χ3n) is 4.34. The molecule has 0 spiro atoms. The van der Waals surface area contributed by atoms with Gasteiger partial charge in [-0.25, -0.2) is 4.98 Å². The molecule has 0 aliphatic carbocycles. The van der Waals surface area contributed by atoms with Crippen molar-refractivity contribution in [1.29, 1.82) is 0 Å². The lowest BCUT2D eigenvalue weighted by atomic mass is 10.2. The average Bonchev–Trinajstić information content (AvgIpc) is 2.68. The number of amides is 2. The minimum absolute atomic E-state index is 0.190. The topological polar surface area (TPSA) is 80.0 Å². The minimum atomic E-state index is -0.328. The van der Waals surface area contributed by atoms with E-state index < -0.39 is 0 Å². The second kappa shape index (κ2) is 8.77. The summed E-state index contributed by atoms with van der Waals surface area (Å²) in [7, 11) is 0. The van der Waals surface area contributed by atoms with E-state index in [0.717, 1.165) is 36.5 Å². The normalized spacial score (nSPS) is 14.7. The van der Waals surface area contributed by atoms with Crippen molar-refractivity contribution in [3.63, 3.8) is 0 Å². The molecule has 7 nitrogen and oxygen atoms in total. The van der Waals surface area contributed by atoms with Crippen LogP contribution in [0.5, 0.6) is 0 Å². The maximum Gasteiger partial charge on any atom is 0.293 e. The van der Waals surface area contributed by atoms with Crippen molar-refractivity contribution < 1.29 is 19.5 Å². The van der Waals surface area contributed by atoms with Crippen LogP contribution in [0.25, 0.3) is 0 Å². The van der Waals surface area contributed by atoms with Crippen molar-refractivity contribution in [2.75, 3.05) is 37.6 Å². The zero-order valence-corrected chi connectivity index (χ0v) is 15.9. The summed E-state index contributed by atoms with van der Waals surface area (Å²) < 4.78 is 0.897. The summed E-state index contributed by atoms with van der Waals surface area (Å²) in [5.74, 6) is 0.577. The number of halogens is 1. The highest BCUT2D eigenvalue weighted by Gasteiger charge is 2.27. The molecule has 1 fully saturated rings. The van der Waals surface area contributed by atoms with Gasteiger partial charge in [0.1, 0.15) is 26.2 Å². The van der Waals surface area contributed by atoms with E-state index in [4.69, 9.17) is 0 Å². The number of rotatable bonds is 4. The molecule has 2 heterocycles. The highest BCUT2D eigenvalue weighted by atomic mass is 79.9. The van der Waals surface area contributed by atoms with Gasteiger partial charge in [0.15, 0.2) is 6.54 Å². The molecule has 26 heavy (non-hydrogen) atoms. The molecular weight excluding hydrogens is 398 g/mol. The first kappa shape index (κ1) is 18.3. The number of piperazine rings is 1. The predicted molar refractivity (Wildman–Crippen MR) is 101 cm³/mol. The van der Waals surface area contributed by atoms with Gasteiger partial charge in [0.2, 0.25) is 0 Å². The van der Waals surface area contributed by atoms with E-state index in [2.05, 4.69) is 42.7 Å². The lowest BCUT2D eigenvalue weighted by molar-refractivity contribution is -0.892. The summed E-state index contributed by atoms with van der Waals surface area (Å²) in [6.07, 6.45) is 1.91. The molecule has 4 N–H and O–H groups in total. The van der Waals surface area contributed by atoms with Crippen molar-refractivity contribution in [1.82, 2.24) is 10.9 Å². The number of aromatic amines is 1. The van der Waals surface area contributed by atoms with Crippen LogP contribution >= 0.6 is 15.9 Å². The largest absolute Gasteiger partial charge is 0.321 e. The molecule has 2 aromatic rings. The Hall–Kier alpha value is -2.45. The van der Waals surface area contributed by atoms with Gasteiger partial charge in [0.05, 0.1) is 6.20 Å². The van der Waals surface area contributed by atoms with Crippen molar-refractivity contribution in [3.8, 4) is 0 Å². The summed E-state index contributed by atoms with van der Waals surface area (Å²) >= 11 is 3.32. The van der Waals surface area contributed by atoms with Crippen molar-refractivity contribution in [2.45, 2.75) is 0 Å². The standard InChI is InChI=1S/C18H20BrN5O2/c19-15-6-4-14(5-7-15)18(26)22-21-17(25)13-23-9-11-24(12-10-23)16-3-1-2-8-20-16/h1-8H,9-13H2,(H,21,25)(H,22,26)/p+2. The van der Waals surface area contributed by atoms with E-state index >= 15 is 0 Å². The lowest BCUT2D eigenvalue weighted by Crippen LogP contribution is -3.16. The van der Waals surface area contributed by atoms with E-state index in [1.165, 1.54) is 4.90 Å². The Balaban J connectivity index is 1.40. The number of hydrogen-bond acceptors (Lipinski definition) is 3. The molecule has 1 aliphatic heterocycles. The Morgan fingerprint density at radius 1 is 1.08 bits per heavy atom. The molecule has 1 aromatic carbocycles. The number of hydrazine groups is 1. The number of aromatic nitrogens is 1. The quantitative estimate of drug-likeness (QED) is 0.580. The molecule has 2 amide bonds. The van der Waals surface area contributed by atoms with Gasteiger partial charge < -0.3 is 4.90 Å². The second-order valence-electron chi connectivity index (χ2n) is 6.17. The molecule has 0 atom stereocenters. The fourth-order valence-electron chi connectivity index (χ4n) is 2.89. The number of hydrogen-bond donors (Lipinski definition) is 3. The molecule has 0 bridgehead atoms. The summed E-state index contributed by atoms with van der Waals surface area (Å²) in [6.45, 7) is 3.85. The van der Waals surface area contributed by atoms with Gasteiger partial charge in [-0.3, -0.25) is 25.3 Å². The Labute approximate surface area is 160 Å². The van der Waals surface area contributed by atoms with Crippen LogP contribution in [0.3, 0.4) is 0 Å². The monoisotopic (exact) mass is 419 g/mol. The van der Waals surface area contributed by atoms with Gasteiger partial charge in [0.25, 0.3) is 17.6 Å². The third kappa shape index (κ3) is 5.03. The van der Waals surface area contributed by atoms with Gasteiger partial charge >= 0.3 is 0 Å². The number of benzene rings is 1. The number of nitrogens with one attached hydrogen (secondary N) is 4. The number of nitrogens with zero attached hydrogens (tertiary/aromatic N) is 1. The van der Waals surface area contributed by atoms with E-state index in [1.807, 2.05) is 18.3 Å². The molecular formula is C18H22BrN5O2+2. The number of anilines is 1. The molecule has 1 saturated heterocycles. The van der Waals surface area contributed by atoms with Crippen molar-refractivity contribution in [2.24, 2.45) is 0 Å². The molecule has 0 saturated carbocycles. The smallest absolute Gasteiger partial charge is 0.293 e. The molecule has 0 unspecified atom stereocenters. The molecule has 1 aliphatic rings. The fraction of sp³-hybridized carbons (Fsp3) is 0.278. The Morgan fingerprint density at radius 2 is 1.81 bits per heavy atom. The van der Waals surface area contributed by atoms with Crippen LogP contribution in [0, 0.1) is 0 Å². The molecule has 136 valence electrons. The van der Waals surface area contributed by atoms with E-state index in [-0.39, 0.29) is 11.8 Å². The van der Waals surface area contributed by atoms with Crippen LogP contribution in [0.1, 0.15) is 10.4 Å². The second-order valence-corrected chi connectivity index (χ2v) is 7.09. The first-order valence-electron chi connectivity index (χ1n) is 8.52. The Bertz CT molecular complexity index is 746. The van der Waals surface area contributed by atoms with Crippen LogP contribution in [0.4, 0.5) is 5.82 Å². The molecule has 1 aromatic heterocycles. The number of pyridine rings is 1. The number of H-pyrrole nitrogens is 1. The van der Waals surface area contributed by atoms with Gasteiger partial charge in [-0.15, -0.1) is 0 Å². The van der Waals surface area contributed by atoms with Gasteiger partial charge in [-0.1, -0.05) is 22.0 Å². The van der Waals surface area contributed by atoms with E-state index in [1.54, 1.807) is 24.3 Å². The fourth-order valence-corrected chi connectivity index (χ4v) is 3.16. The Morgan fingerprint density at radius 3 is 2.46 bits per heavy atom. The number of carbonyl (C=O) groups excluding carboxylic acids is 2. The average molecular weight is 420 g/mol. The highest BCUT2D eigenvalue weighted by Crippen LogP contribution is 2.10. The van der Waals surface area contributed by atoms with Crippen molar-refractivity contribution in [3.05, 3.63) is 58.7 Å². The first-order chi connectivity index (χ1) is 12.6. The summed E-state index contributed by atoms with van der Waals surface area (Å²) in [4.78, 5) is 30.8. The van der Waals surface area contributed by atoms with Crippen LogP contribution in [0.15, 0.2) is 53.1 Å². The summed E-state index contributed by atoms with van der Waals surface area (Å²) in [6, 6.07) is 13.0. The van der Waals surface area contributed by atoms with Crippen LogP contribution in [-0.2, 0) is 4.79 Å². The first-order valence-corrected chi connectivity index (χ1v) is 9.31. The zero-order chi connectivity index (χ0) is 18.4. The third-order valence-corrected chi connectivity index (χ3v) is 4.86. The Kier molecular flexibility index (Phi) is 6.19. The molecule has 8 heteroatoms. The van der Waals surface area contributed by atoms with Gasteiger partial charge in [-0.2, -0.15) is 0 Å². The van der Waals surface area contributed by atoms with Gasteiger partial charge in [0, 0.05) is 16.1 Å². The number of carbonyl (C=O) groups is 2. The van der Waals surface area contributed by atoms with Crippen LogP contribution in [-0.4, -0.2) is 44.5 Å². The SMILES string of the molecule is O=C(C[NH+]1CCN(c2cccc[nH+]2)CC1)NNC(=O)c1ccc(Br)cc1. The lowest BCUT2D eigenvalue weighted by Gasteiger charge is -2.27. The van der Waals surface area contributed by atoms with E-state index in [0.29, 0.717) is 12.1 Å². The summed E-state index contributed by atoms with van der Waals surface area (Å²) in [5.41, 5.74) is 5.45. The van der Waals surface area contributed by atoms with Crippen LogP contribution < -0.4 is 25.6 Å². The van der Waals surface area contributed by atoms with E-state index in [9.17, 15) is 9.59 Å². The maximum absolute atomic E-state index is 12.1. The van der Waals surface area contributed by atoms with Crippen molar-refractivity contribution >= 4 is 33.6 Å². The highest BCUT2D eigenvalue weighted by molar-refractivity contribution is 9.10. The number of quaternary nitrogens is 1.